The highest BCUT2D eigenvalue weighted by Crippen LogP contribution is 2.28. The van der Waals surface area contributed by atoms with Gasteiger partial charge in [0.15, 0.2) is 5.78 Å². The van der Waals surface area contributed by atoms with Gasteiger partial charge in [-0.1, -0.05) is 12.1 Å². The summed E-state index contributed by atoms with van der Waals surface area (Å²) < 4.78 is 9.33. The van der Waals surface area contributed by atoms with Gasteiger partial charge in [-0.05, 0) is 43.1 Å². The third-order valence-corrected chi connectivity index (χ3v) is 3.56. The molecule has 0 unspecified atom stereocenters. The minimum Gasteiger partial charge on any atom is -0.380 e. The number of hydrogen-bond donors (Lipinski definition) is 1. The SMILES string of the molecule is COCc1cccc(Nc2snc(C)c2C(C)=O)c1. The molecule has 0 atom stereocenters. The molecule has 0 aliphatic heterocycles. The predicted molar refractivity (Wildman–Crippen MR) is 77.3 cm³/mol. The van der Waals surface area contributed by atoms with Crippen molar-refractivity contribution in [2.24, 2.45) is 0 Å². The third kappa shape index (κ3) is 3.19. The molecule has 1 N–H and O–H groups in total. The molecule has 1 aromatic heterocycles. The van der Waals surface area contributed by atoms with E-state index in [4.69, 9.17) is 4.74 Å². The van der Waals surface area contributed by atoms with E-state index in [1.165, 1.54) is 11.5 Å². The molecule has 19 heavy (non-hydrogen) atoms. The fourth-order valence-electron chi connectivity index (χ4n) is 1.91. The average Bonchev–Trinajstić information content (AvgIpc) is 2.71. The van der Waals surface area contributed by atoms with E-state index in [2.05, 4.69) is 9.69 Å². The molecule has 2 rings (SSSR count). The maximum atomic E-state index is 11.6. The van der Waals surface area contributed by atoms with Gasteiger partial charge in [-0.3, -0.25) is 4.79 Å². The van der Waals surface area contributed by atoms with Crippen molar-refractivity contribution in [3.05, 3.63) is 41.1 Å². The molecular formula is C14H16N2O2S. The molecule has 4 nitrogen and oxygen atoms in total. The number of benzene rings is 1. The minimum absolute atomic E-state index is 0.0294. The van der Waals surface area contributed by atoms with Crippen LogP contribution in [0.15, 0.2) is 24.3 Å². The zero-order valence-electron chi connectivity index (χ0n) is 11.2. The quantitative estimate of drug-likeness (QED) is 0.849. The molecule has 2 aromatic rings. The molecule has 0 saturated carbocycles. The van der Waals surface area contributed by atoms with Crippen LogP contribution >= 0.6 is 11.5 Å². The van der Waals surface area contributed by atoms with E-state index in [9.17, 15) is 4.79 Å². The van der Waals surface area contributed by atoms with E-state index < -0.39 is 0 Å². The van der Waals surface area contributed by atoms with Crippen LogP contribution in [0.4, 0.5) is 10.7 Å². The molecule has 1 heterocycles. The first-order valence-corrected chi connectivity index (χ1v) is 6.71. The number of aryl methyl sites for hydroxylation is 1. The summed E-state index contributed by atoms with van der Waals surface area (Å²) in [4.78, 5) is 11.6. The summed E-state index contributed by atoms with van der Waals surface area (Å²) in [6.07, 6.45) is 0. The number of anilines is 2. The van der Waals surface area contributed by atoms with Crippen LogP contribution in [0.25, 0.3) is 0 Å². The largest absolute Gasteiger partial charge is 0.380 e. The summed E-state index contributed by atoms with van der Waals surface area (Å²) in [5, 5.41) is 4.04. The first-order chi connectivity index (χ1) is 9.11. The van der Waals surface area contributed by atoms with Crippen LogP contribution in [-0.2, 0) is 11.3 Å². The Morgan fingerprint density at radius 2 is 2.26 bits per heavy atom. The summed E-state index contributed by atoms with van der Waals surface area (Å²) in [7, 11) is 1.67. The van der Waals surface area contributed by atoms with Gasteiger partial charge in [0, 0.05) is 12.8 Å². The maximum Gasteiger partial charge on any atom is 0.164 e. The number of hydrogen-bond acceptors (Lipinski definition) is 5. The third-order valence-electron chi connectivity index (χ3n) is 2.71. The van der Waals surface area contributed by atoms with Gasteiger partial charge in [-0.15, -0.1) is 0 Å². The maximum absolute atomic E-state index is 11.6. The first-order valence-electron chi connectivity index (χ1n) is 5.94. The molecule has 0 aliphatic carbocycles. The number of ether oxygens (including phenoxy) is 1. The summed E-state index contributed by atoms with van der Waals surface area (Å²) in [5.41, 5.74) is 3.45. The van der Waals surface area contributed by atoms with Gasteiger partial charge in [0.1, 0.15) is 5.00 Å². The topological polar surface area (TPSA) is 51.2 Å². The van der Waals surface area contributed by atoms with Gasteiger partial charge in [0.25, 0.3) is 0 Å². The van der Waals surface area contributed by atoms with Crippen LogP contribution in [0.5, 0.6) is 0 Å². The van der Waals surface area contributed by atoms with Gasteiger partial charge in [0.05, 0.1) is 17.9 Å². The molecule has 0 amide bonds. The molecule has 0 bridgehead atoms. The summed E-state index contributed by atoms with van der Waals surface area (Å²) in [6, 6.07) is 7.91. The smallest absolute Gasteiger partial charge is 0.164 e. The van der Waals surface area contributed by atoms with Gasteiger partial charge in [-0.25, -0.2) is 0 Å². The molecule has 0 spiro atoms. The average molecular weight is 276 g/mol. The van der Waals surface area contributed by atoms with Gasteiger partial charge in [-0.2, -0.15) is 4.37 Å². The number of nitrogens with one attached hydrogen (secondary N) is 1. The number of Topliss-reactive ketones (excluding diaryl/α,β-unsaturated/α-hetero) is 1. The Labute approximate surface area is 116 Å². The normalized spacial score (nSPS) is 10.5. The van der Waals surface area contributed by atoms with Crippen molar-refractivity contribution < 1.29 is 9.53 Å². The molecule has 0 radical (unpaired) electrons. The van der Waals surface area contributed by atoms with Crippen LogP contribution in [-0.4, -0.2) is 17.3 Å². The molecule has 1 aromatic carbocycles. The number of nitrogens with zero attached hydrogens (tertiary/aromatic N) is 1. The van der Waals surface area contributed by atoms with Gasteiger partial charge >= 0.3 is 0 Å². The van der Waals surface area contributed by atoms with E-state index in [1.807, 2.05) is 31.2 Å². The van der Waals surface area contributed by atoms with Gasteiger partial charge in [0.2, 0.25) is 0 Å². The Bertz CT molecular complexity index is 593. The second kappa shape index (κ2) is 5.95. The number of methoxy groups -OCH3 is 1. The monoisotopic (exact) mass is 276 g/mol. The number of ketones is 1. The zero-order valence-corrected chi connectivity index (χ0v) is 12.0. The number of aromatic nitrogens is 1. The van der Waals surface area contributed by atoms with Crippen LogP contribution < -0.4 is 5.32 Å². The Morgan fingerprint density at radius 1 is 1.47 bits per heavy atom. The zero-order chi connectivity index (χ0) is 13.8. The van der Waals surface area contributed by atoms with Crippen LogP contribution in [0.3, 0.4) is 0 Å². The highest BCUT2D eigenvalue weighted by molar-refractivity contribution is 7.10. The molecule has 100 valence electrons. The highest BCUT2D eigenvalue weighted by atomic mass is 32.1. The standard InChI is InChI=1S/C14H16N2O2S/c1-9-13(10(2)17)14(19-16-9)15-12-6-4-5-11(7-12)8-18-3/h4-7,15H,8H2,1-3H3. The van der Waals surface area contributed by atoms with Crippen LogP contribution in [0.1, 0.15) is 28.5 Å². The fraction of sp³-hybridized carbons (Fsp3) is 0.286. The lowest BCUT2D eigenvalue weighted by molar-refractivity contribution is 0.101. The van der Waals surface area contributed by atoms with E-state index in [-0.39, 0.29) is 5.78 Å². The lowest BCUT2D eigenvalue weighted by Crippen LogP contribution is -1.99. The van der Waals surface area contributed by atoms with Crippen molar-refractivity contribution in [3.8, 4) is 0 Å². The molecular weight excluding hydrogens is 260 g/mol. The summed E-state index contributed by atoms with van der Waals surface area (Å²) >= 11 is 1.31. The summed E-state index contributed by atoms with van der Waals surface area (Å²) in [6.45, 7) is 3.97. The second-order valence-electron chi connectivity index (χ2n) is 4.29. The predicted octanol–water partition coefficient (Wildman–Crippen LogP) is 3.54. The van der Waals surface area contributed by atoms with Crippen LogP contribution in [0, 0.1) is 6.92 Å². The van der Waals surface area contributed by atoms with E-state index >= 15 is 0 Å². The Morgan fingerprint density at radius 3 is 2.95 bits per heavy atom. The number of carbonyl (C=O) groups is 1. The van der Waals surface area contributed by atoms with Crippen molar-refractivity contribution >= 4 is 28.0 Å². The van der Waals surface area contributed by atoms with Crippen molar-refractivity contribution in [2.45, 2.75) is 20.5 Å². The van der Waals surface area contributed by atoms with E-state index in [0.717, 1.165) is 21.9 Å². The Kier molecular flexibility index (Phi) is 4.29. The second-order valence-corrected chi connectivity index (χ2v) is 5.06. The fourth-order valence-corrected chi connectivity index (χ4v) is 2.77. The number of rotatable bonds is 5. The van der Waals surface area contributed by atoms with Gasteiger partial charge < -0.3 is 10.1 Å². The molecule has 0 saturated heterocycles. The molecule has 0 fully saturated rings. The van der Waals surface area contributed by atoms with Crippen molar-refractivity contribution in [2.75, 3.05) is 12.4 Å². The van der Waals surface area contributed by atoms with Crippen molar-refractivity contribution in [3.63, 3.8) is 0 Å². The Balaban J connectivity index is 2.26. The Hall–Kier alpha value is -1.72. The lowest BCUT2D eigenvalue weighted by atomic mass is 10.1. The van der Waals surface area contributed by atoms with E-state index in [0.29, 0.717) is 12.2 Å². The van der Waals surface area contributed by atoms with E-state index in [1.54, 1.807) is 14.0 Å². The minimum atomic E-state index is 0.0294. The highest BCUT2D eigenvalue weighted by Gasteiger charge is 2.14. The first kappa shape index (κ1) is 13.7. The van der Waals surface area contributed by atoms with Crippen LogP contribution in [0.2, 0.25) is 0 Å². The molecule has 5 heteroatoms. The summed E-state index contributed by atoms with van der Waals surface area (Å²) in [5.74, 6) is 0.0294. The van der Waals surface area contributed by atoms with Crippen molar-refractivity contribution in [1.82, 2.24) is 4.37 Å². The molecule has 0 aliphatic rings. The lowest BCUT2D eigenvalue weighted by Gasteiger charge is -2.07. The number of carbonyl (C=O) groups excluding carboxylic acids is 1. The van der Waals surface area contributed by atoms with Crippen molar-refractivity contribution in [1.29, 1.82) is 0 Å².